The van der Waals surface area contributed by atoms with Crippen LogP contribution in [0.2, 0.25) is 0 Å². The Hall–Kier alpha value is -2.16. The number of rotatable bonds is 4. The molecule has 0 radical (unpaired) electrons. The van der Waals surface area contributed by atoms with Gasteiger partial charge in [0, 0.05) is 32.4 Å². The first kappa shape index (κ1) is 19.2. The van der Waals surface area contributed by atoms with Gasteiger partial charge in [-0.05, 0) is 31.5 Å². The van der Waals surface area contributed by atoms with Crippen LogP contribution in [0.4, 0.5) is 19.0 Å². The van der Waals surface area contributed by atoms with Crippen molar-refractivity contribution in [2.75, 3.05) is 39.0 Å². The van der Waals surface area contributed by atoms with Crippen LogP contribution in [-0.4, -0.2) is 66.5 Å². The van der Waals surface area contributed by atoms with Crippen LogP contribution in [-0.2, 0) is 4.79 Å². The second-order valence-corrected chi connectivity index (χ2v) is 6.31. The Kier molecular flexibility index (Phi) is 5.99. The van der Waals surface area contributed by atoms with Gasteiger partial charge in [-0.3, -0.25) is 14.5 Å². The zero-order valence-electron chi connectivity index (χ0n) is 14.1. The molecule has 0 saturated carbocycles. The van der Waals surface area contributed by atoms with Gasteiger partial charge in [0.1, 0.15) is 5.82 Å². The Morgan fingerprint density at radius 3 is 2.76 bits per heavy atom. The van der Waals surface area contributed by atoms with Gasteiger partial charge in [0.25, 0.3) is 5.91 Å². The average molecular weight is 358 g/mol. The number of nitrogens with one attached hydrogen (secondary N) is 1. The van der Waals surface area contributed by atoms with Crippen molar-refractivity contribution < 1.29 is 22.8 Å². The van der Waals surface area contributed by atoms with E-state index in [1.165, 1.54) is 28.1 Å². The summed E-state index contributed by atoms with van der Waals surface area (Å²) in [5.74, 6) is -0.933. The quantitative estimate of drug-likeness (QED) is 0.894. The number of carbonyl (C=O) groups is 2. The van der Waals surface area contributed by atoms with Gasteiger partial charge in [0.15, 0.2) is 0 Å². The second kappa shape index (κ2) is 7.81. The van der Waals surface area contributed by atoms with E-state index in [1.54, 1.807) is 14.1 Å². The lowest BCUT2D eigenvalue weighted by Gasteiger charge is -2.32. The molecule has 0 aromatic carbocycles. The minimum Gasteiger partial charge on any atom is -0.345 e. The number of piperidine rings is 1. The molecule has 1 saturated heterocycles. The van der Waals surface area contributed by atoms with Gasteiger partial charge in [-0.1, -0.05) is 0 Å². The van der Waals surface area contributed by atoms with Gasteiger partial charge in [0.05, 0.1) is 12.5 Å². The predicted molar refractivity (Wildman–Crippen MR) is 86.1 cm³/mol. The largest absolute Gasteiger partial charge is 0.401 e. The zero-order valence-corrected chi connectivity index (χ0v) is 14.1. The summed E-state index contributed by atoms with van der Waals surface area (Å²) < 4.78 is 37.5. The zero-order chi connectivity index (χ0) is 18.6. The minimum absolute atomic E-state index is 0.0572. The summed E-state index contributed by atoms with van der Waals surface area (Å²) in [5, 5.41) is 2.60. The molecule has 1 unspecified atom stereocenters. The molecule has 0 aliphatic carbocycles. The lowest BCUT2D eigenvalue weighted by atomic mass is 9.97. The molecule has 2 heterocycles. The topological polar surface area (TPSA) is 65.5 Å². The number of aromatic nitrogens is 1. The van der Waals surface area contributed by atoms with Crippen LogP contribution >= 0.6 is 0 Å². The number of amides is 2. The molecule has 0 spiro atoms. The standard InChI is InChI=1S/C16H21F3N4O2/c1-22(2)15(25)11-5-6-20-13(8-11)21-14(24)12-4-3-7-23(9-12)10-16(17,18)19/h5-6,8,12H,3-4,7,9-10H2,1-2H3,(H,20,21,24). The number of nitrogens with zero attached hydrogens (tertiary/aromatic N) is 3. The van der Waals surface area contributed by atoms with E-state index < -0.39 is 18.6 Å². The summed E-state index contributed by atoms with van der Waals surface area (Å²) in [6.07, 6.45) is -1.82. The molecule has 1 N–H and O–H groups in total. The molecule has 0 bridgehead atoms. The van der Waals surface area contributed by atoms with Gasteiger partial charge >= 0.3 is 6.18 Å². The molecule has 1 atom stereocenters. The molecule has 138 valence electrons. The molecule has 25 heavy (non-hydrogen) atoms. The monoisotopic (exact) mass is 358 g/mol. The summed E-state index contributed by atoms with van der Waals surface area (Å²) in [7, 11) is 3.22. The number of halogens is 3. The maximum Gasteiger partial charge on any atom is 0.401 e. The van der Waals surface area contributed by atoms with Crippen LogP contribution in [0.15, 0.2) is 18.3 Å². The van der Waals surface area contributed by atoms with Crippen LogP contribution in [0.3, 0.4) is 0 Å². The molecule has 1 aliphatic rings. The lowest BCUT2D eigenvalue weighted by Crippen LogP contribution is -2.44. The summed E-state index contributed by atoms with van der Waals surface area (Å²) in [5.41, 5.74) is 0.373. The number of alkyl halides is 3. The van der Waals surface area contributed by atoms with E-state index in [4.69, 9.17) is 0 Å². The summed E-state index contributed by atoms with van der Waals surface area (Å²) in [6.45, 7) is -0.627. The Labute approximate surface area is 144 Å². The first-order chi connectivity index (χ1) is 11.7. The number of anilines is 1. The van der Waals surface area contributed by atoms with Gasteiger partial charge in [-0.2, -0.15) is 13.2 Å². The van der Waals surface area contributed by atoms with Crippen LogP contribution in [0.5, 0.6) is 0 Å². The lowest BCUT2D eigenvalue weighted by molar-refractivity contribution is -0.151. The van der Waals surface area contributed by atoms with E-state index in [1.807, 2.05) is 0 Å². The van der Waals surface area contributed by atoms with Crippen molar-refractivity contribution >= 4 is 17.6 Å². The highest BCUT2D eigenvalue weighted by molar-refractivity contribution is 5.96. The van der Waals surface area contributed by atoms with Crippen molar-refractivity contribution in [2.24, 2.45) is 5.92 Å². The number of hydrogen-bond donors (Lipinski definition) is 1. The molecule has 1 aromatic heterocycles. The van der Waals surface area contributed by atoms with Crippen LogP contribution in [0.1, 0.15) is 23.2 Å². The fourth-order valence-corrected chi connectivity index (χ4v) is 2.79. The summed E-state index contributed by atoms with van der Waals surface area (Å²) in [4.78, 5) is 30.9. The van der Waals surface area contributed by atoms with Crippen molar-refractivity contribution in [3.63, 3.8) is 0 Å². The Morgan fingerprint density at radius 2 is 2.12 bits per heavy atom. The number of likely N-dealkylation sites (tertiary alicyclic amines) is 1. The molecule has 2 amide bonds. The predicted octanol–water partition coefficient (Wildman–Crippen LogP) is 2.00. The minimum atomic E-state index is -4.28. The van der Waals surface area contributed by atoms with E-state index in [9.17, 15) is 22.8 Å². The van der Waals surface area contributed by atoms with E-state index in [-0.39, 0.29) is 24.2 Å². The first-order valence-electron chi connectivity index (χ1n) is 7.93. The summed E-state index contributed by atoms with van der Waals surface area (Å²) >= 11 is 0. The van der Waals surface area contributed by atoms with Crippen LogP contribution in [0.25, 0.3) is 0 Å². The number of hydrogen-bond acceptors (Lipinski definition) is 4. The van der Waals surface area contributed by atoms with Gasteiger partial charge in [-0.15, -0.1) is 0 Å². The average Bonchev–Trinajstić information content (AvgIpc) is 2.53. The first-order valence-corrected chi connectivity index (χ1v) is 7.93. The molecule has 1 aromatic rings. The van der Waals surface area contributed by atoms with E-state index in [2.05, 4.69) is 10.3 Å². The number of pyridine rings is 1. The smallest absolute Gasteiger partial charge is 0.345 e. The molecular formula is C16H21F3N4O2. The van der Waals surface area contributed by atoms with Crippen molar-refractivity contribution in [3.05, 3.63) is 23.9 Å². The molecular weight excluding hydrogens is 337 g/mol. The third-order valence-corrected chi connectivity index (χ3v) is 3.94. The van der Waals surface area contributed by atoms with E-state index in [0.717, 1.165) is 0 Å². The molecule has 2 rings (SSSR count). The molecule has 6 nitrogen and oxygen atoms in total. The Morgan fingerprint density at radius 1 is 1.40 bits per heavy atom. The Bertz CT molecular complexity index is 634. The molecule has 1 aliphatic heterocycles. The highest BCUT2D eigenvalue weighted by atomic mass is 19.4. The fourth-order valence-electron chi connectivity index (χ4n) is 2.79. The third kappa shape index (κ3) is 5.70. The second-order valence-electron chi connectivity index (χ2n) is 6.31. The van der Waals surface area contributed by atoms with Gasteiger partial charge in [0.2, 0.25) is 5.91 Å². The highest BCUT2D eigenvalue weighted by Crippen LogP contribution is 2.23. The molecule has 1 fully saturated rings. The third-order valence-electron chi connectivity index (χ3n) is 3.94. The number of carbonyl (C=O) groups excluding carboxylic acids is 2. The maximum atomic E-state index is 12.5. The fraction of sp³-hybridized carbons (Fsp3) is 0.562. The summed E-state index contributed by atoms with van der Waals surface area (Å²) in [6, 6.07) is 2.99. The van der Waals surface area contributed by atoms with Crippen molar-refractivity contribution in [1.82, 2.24) is 14.8 Å². The van der Waals surface area contributed by atoms with Crippen LogP contribution in [0, 0.1) is 5.92 Å². The Balaban J connectivity index is 1.99. The SMILES string of the molecule is CN(C)C(=O)c1ccnc(NC(=O)C2CCCN(CC(F)(F)F)C2)c1. The van der Waals surface area contributed by atoms with E-state index >= 15 is 0 Å². The van der Waals surface area contributed by atoms with Crippen molar-refractivity contribution in [1.29, 1.82) is 0 Å². The van der Waals surface area contributed by atoms with Crippen molar-refractivity contribution in [3.8, 4) is 0 Å². The van der Waals surface area contributed by atoms with Gasteiger partial charge in [-0.25, -0.2) is 4.98 Å². The maximum absolute atomic E-state index is 12.5. The normalized spacial score (nSPS) is 18.7. The van der Waals surface area contributed by atoms with Crippen molar-refractivity contribution in [2.45, 2.75) is 19.0 Å². The highest BCUT2D eigenvalue weighted by Gasteiger charge is 2.34. The van der Waals surface area contributed by atoms with Gasteiger partial charge < -0.3 is 10.2 Å². The molecule has 9 heteroatoms. The van der Waals surface area contributed by atoms with Crippen LogP contribution < -0.4 is 5.32 Å². The van der Waals surface area contributed by atoms with E-state index in [0.29, 0.717) is 24.9 Å².